The fourth-order valence-corrected chi connectivity index (χ4v) is 4.68. The topological polar surface area (TPSA) is 81.6 Å². The van der Waals surface area contributed by atoms with Crippen molar-refractivity contribution in [2.75, 3.05) is 31.5 Å². The lowest BCUT2D eigenvalue weighted by Crippen LogP contribution is -2.49. The average Bonchev–Trinajstić information content (AvgIpc) is 2.83. The largest absolute Gasteiger partial charge is 0.416 e. The molecule has 1 aromatic heterocycles. The van der Waals surface area contributed by atoms with Crippen LogP contribution in [0.15, 0.2) is 30.6 Å². The van der Waals surface area contributed by atoms with Crippen LogP contribution in [0, 0.1) is 6.92 Å². The van der Waals surface area contributed by atoms with Gasteiger partial charge in [-0.05, 0) is 50.3 Å². The van der Waals surface area contributed by atoms with Gasteiger partial charge in [-0.25, -0.2) is 9.97 Å². The van der Waals surface area contributed by atoms with Crippen molar-refractivity contribution < 1.29 is 23.1 Å². The monoisotopic (exact) mass is 477 g/mol. The summed E-state index contributed by atoms with van der Waals surface area (Å²) in [6.45, 7) is 5.16. The summed E-state index contributed by atoms with van der Waals surface area (Å²) in [5.41, 5.74) is 0.936. The number of aliphatic hydroxyl groups is 1. The number of aliphatic hydroxyl groups excluding tert-OH is 1. The third-order valence-corrected chi connectivity index (χ3v) is 6.80. The van der Waals surface area contributed by atoms with E-state index in [1.54, 1.807) is 6.92 Å². The Morgan fingerprint density at radius 3 is 2.32 bits per heavy atom. The molecule has 0 bridgehead atoms. The molecule has 1 amide bonds. The second kappa shape index (κ2) is 10.3. The first-order valence-corrected chi connectivity index (χ1v) is 11.7. The van der Waals surface area contributed by atoms with Crippen LogP contribution in [0.2, 0.25) is 0 Å². The molecule has 0 saturated carbocycles. The summed E-state index contributed by atoms with van der Waals surface area (Å²) in [6.07, 6.45) is 0.177. The van der Waals surface area contributed by atoms with E-state index in [1.165, 1.54) is 18.5 Å². The summed E-state index contributed by atoms with van der Waals surface area (Å²) in [7, 11) is 0. The minimum absolute atomic E-state index is 0.134. The molecule has 0 aliphatic carbocycles. The zero-order valence-electron chi connectivity index (χ0n) is 19.2. The van der Waals surface area contributed by atoms with Gasteiger partial charge in [0.05, 0.1) is 11.7 Å². The second-order valence-corrected chi connectivity index (χ2v) is 9.03. The third-order valence-electron chi connectivity index (χ3n) is 6.80. The fraction of sp³-hybridized carbons (Fsp3) is 0.542. The van der Waals surface area contributed by atoms with Gasteiger partial charge in [-0.15, -0.1) is 0 Å². The molecule has 3 heterocycles. The molecule has 4 rings (SSSR count). The predicted octanol–water partition coefficient (Wildman–Crippen LogP) is 3.48. The SMILES string of the molecule is Cc1c(NCc2ccc(C(F)(F)F)cc2)ncnc1C(=O)N1CCC(N2CCC(O)CC2)CC1. The number of nitrogens with zero attached hydrogens (tertiary/aromatic N) is 4. The number of alkyl halides is 3. The number of halogens is 3. The van der Waals surface area contributed by atoms with Crippen LogP contribution in [-0.2, 0) is 12.7 Å². The summed E-state index contributed by atoms with van der Waals surface area (Å²) >= 11 is 0. The van der Waals surface area contributed by atoms with Gasteiger partial charge in [-0.2, -0.15) is 13.2 Å². The number of aromatic nitrogens is 2. The maximum absolute atomic E-state index is 13.2. The predicted molar refractivity (Wildman–Crippen MR) is 121 cm³/mol. The molecule has 10 heteroatoms. The number of hydrogen-bond acceptors (Lipinski definition) is 6. The summed E-state index contributed by atoms with van der Waals surface area (Å²) < 4.78 is 38.2. The number of rotatable bonds is 5. The van der Waals surface area contributed by atoms with E-state index >= 15 is 0 Å². The zero-order chi connectivity index (χ0) is 24.3. The molecule has 2 aromatic rings. The van der Waals surface area contributed by atoms with E-state index in [4.69, 9.17) is 0 Å². The van der Waals surface area contributed by atoms with Crippen LogP contribution < -0.4 is 5.32 Å². The molecule has 2 saturated heterocycles. The molecule has 2 fully saturated rings. The lowest BCUT2D eigenvalue weighted by Gasteiger charge is -2.41. The Hall–Kier alpha value is -2.72. The highest BCUT2D eigenvalue weighted by molar-refractivity contribution is 5.94. The molecule has 7 nitrogen and oxygen atoms in total. The molecule has 0 spiro atoms. The van der Waals surface area contributed by atoms with Crippen molar-refractivity contribution in [1.82, 2.24) is 19.8 Å². The highest BCUT2D eigenvalue weighted by atomic mass is 19.4. The van der Waals surface area contributed by atoms with Crippen molar-refractivity contribution in [3.05, 3.63) is 53.0 Å². The summed E-state index contributed by atoms with van der Waals surface area (Å²) in [5, 5.41) is 12.8. The summed E-state index contributed by atoms with van der Waals surface area (Å²) in [6, 6.07) is 5.38. The number of carbonyl (C=O) groups is 1. The van der Waals surface area contributed by atoms with Gasteiger partial charge >= 0.3 is 6.18 Å². The number of anilines is 1. The quantitative estimate of drug-likeness (QED) is 0.687. The van der Waals surface area contributed by atoms with Crippen molar-refractivity contribution in [2.24, 2.45) is 0 Å². The Labute approximate surface area is 197 Å². The van der Waals surface area contributed by atoms with E-state index in [0.717, 1.165) is 50.9 Å². The molecule has 34 heavy (non-hydrogen) atoms. The van der Waals surface area contributed by atoms with E-state index in [0.29, 0.717) is 41.8 Å². The van der Waals surface area contributed by atoms with Crippen molar-refractivity contribution in [3.8, 4) is 0 Å². The smallest absolute Gasteiger partial charge is 0.393 e. The van der Waals surface area contributed by atoms with E-state index in [1.807, 2.05) is 4.90 Å². The number of likely N-dealkylation sites (tertiary alicyclic amines) is 2. The van der Waals surface area contributed by atoms with Crippen LogP contribution >= 0.6 is 0 Å². The van der Waals surface area contributed by atoms with E-state index < -0.39 is 11.7 Å². The first-order chi connectivity index (χ1) is 16.2. The van der Waals surface area contributed by atoms with Gasteiger partial charge in [0.1, 0.15) is 17.8 Å². The van der Waals surface area contributed by atoms with Crippen LogP contribution in [-0.4, -0.2) is 69.1 Å². The number of amides is 1. The molecule has 2 N–H and O–H groups in total. The van der Waals surface area contributed by atoms with Gasteiger partial charge < -0.3 is 20.2 Å². The molecule has 2 aliphatic rings. The van der Waals surface area contributed by atoms with Gasteiger partial charge in [0.2, 0.25) is 0 Å². The van der Waals surface area contributed by atoms with Gasteiger partial charge in [-0.3, -0.25) is 4.79 Å². The third kappa shape index (κ3) is 5.67. The molecule has 184 valence electrons. The molecule has 2 aliphatic heterocycles. The number of nitrogens with one attached hydrogen (secondary N) is 1. The average molecular weight is 478 g/mol. The standard InChI is InChI=1S/C24H30F3N5O2/c1-16-21(23(34)32-10-6-19(7-11-32)31-12-8-20(33)9-13-31)29-15-30-22(16)28-14-17-2-4-18(5-3-17)24(25,26)27/h2-5,15,19-20,33H,6-14H2,1H3,(H,28,29,30). The first-order valence-electron chi connectivity index (χ1n) is 11.7. The Morgan fingerprint density at radius 2 is 1.71 bits per heavy atom. The molecule has 1 aromatic carbocycles. The van der Waals surface area contributed by atoms with E-state index in [9.17, 15) is 23.1 Å². The van der Waals surface area contributed by atoms with Crippen molar-refractivity contribution in [2.45, 2.75) is 57.5 Å². The van der Waals surface area contributed by atoms with Gasteiger partial charge in [-0.1, -0.05) is 12.1 Å². The number of hydrogen-bond donors (Lipinski definition) is 2. The van der Waals surface area contributed by atoms with Gasteiger partial charge in [0.15, 0.2) is 0 Å². The molecular formula is C24H30F3N5O2. The molecule has 0 unspecified atom stereocenters. The van der Waals surface area contributed by atoms with Crippen LogP contribution in [0.4, 0.5) is 19.0 Å². The Kier molecular flexibility index (Phi) is 7.37. The lowest BCUT2D eigenvalue weighted by molar-refractivity contribution is -0.137. The minimum atomic E-state index is -4.37. The molecule has 0 radical (unpaired) electrons. The highest BCUT2D eigenvalue weighted by Gasteiger charge is 2.31. The van der Waals surface area contributed by atoms with Crippen LogP contribution in [0.5, 0.6) is 0 Å². The highest BCUT2D eigenvalue weighted by Crippen LogP contribution is 2.29. The second-order valence-electron chi connectivity index (χ2n) is 9.03. The normalized spacial score (nSPS) is 18.8. The maximum Gasteiger partial charge on any atom is 0.416 e. The first kappa shape index (κ1) is 24.4. The Morgan fingerprint density at radius 1 is 1.06 bits per heavy atom. The maximum atomic E-state index is 13.2. The summed E-state index contributed by atoms with van der Waals surface area (Å²) in [5.74, 6) is 0.352. The molecule has 0 atom stereocenters. The Bertz CT molecular complexity index is 983. The number of carbonyl (C=O) groups excluding carboxylic acids is 1. The number of piperidine rings is 2. The zero-order valence-corrected chi connectivity index (χ0v) is 19.2. The van der Waals surface area contributed by atoms with Crippen LogP contribution in [0.1, 0.15) is 52.9 Å². The van der Waals surface area contributed by atoms with Gasteiger partial charge in [0.25, 0.3) is 5.91 Å². The minimum Gasteiger partial charge on any atom is -0.393 e. The van der Waals surface area contributed by atoms with Gasteiger partial charge in [0, 0.05) is 44.3 Å². The number of benzene rings is 1. The summed E-state index contributed by atoms with van der Waals surface area (Å²) in [4.78, 5) is 25.8. The van der Waals surface area contributed by atoms with Crippen LogP contribution in [0.25, 0.3) is 0 Å². The van der Waals surface area contributed by atoms with Crippen LogP contribution in [0.3, 0.4) is 0 Å². The van der Waals surface area contributed by atoms with E-state index in [-0.39, 0.29) is 18.6 Å². The van der Waals surface area contributed by atoms with E-state index in [2.05, 4.69) is 20.2 Å². The lowest BCUT2D eigenvalue weighted by atomic mass is 9.98. The van der Waals surface area contributed by atoms with Crippen molar-refractivity contribution >= 4 is 11.7 Å². The van der Waals surface area contributed by atoms with Crippen molar-refractivity contribution in [1.29, 1.82) is 0 Å². The fourth-order valence-electron chi connectivity index (χ4n) is 4.68. The Balaban J connectivity index is 1.34. The molecular weight excluding hydrogens is 447 g/mol. The van der Waals surface area contributed by atoms with Crippen molar-refractivity contribution in [3.63, 3.8) is 0 Å².